The van der Waals surface area contributed by atoms with Crippen LogP contribution in [0, 0.1) is 0 Å². The van der Waals surface area contributed by atoms with Gasteiger partial charge in [0.25, 0.3) is 5.91 Å². The molecule has 4 rings (SSSR count). The van der Waals surface area contributed by atoms with E-state index in [1.807, 2.05) is 19.0 Å². The molecule has 2 fully saturated rings. The van der Waals surface area contributed by atoms with E-state index in [1.54, 1.807) is 17.1 Å². The van der Waals surface area contributed by atoms with Crippen LogP contribution in [-0.4, -0.2) is 55.9 Å². The lowest BCUT2D eigenvalue weighted by Gasteiger charge is -2.36. The van der Waals surface area contributed by atoms with Gasteiger partial charge in [0, 0.05) is 50.7 Å². The van der Waals surface area contributed by atoms with Crippen LogP contribution in [-0.2, 0) is 7.05 Å². The second kappa shape index (κ2) is 6.16. The Labute approximate surface area is 145 Å². The summed E-state index contributed by atoms with van der Waals surface area (Å²) in [4.78, 5) is 25.5. The molecule has 0 bridgehead atoms. The number of piperidine rings is 1. The lowest BCUT2D eigenvalue weighted by molar-refractivity contribution is 0.0699. The number of aryl methyl sites for hydroxylation is 1. The van der Waals surface area contributed by atoms with Crippen molar-refractivity contribution in [2.45, 2.75) is 37.6 Å². The number of amides is 1. The van der Waals surface area contributed by atoms with Gasteiger partial charge in [0.2, 0.25) is 5.13 Å². The zero-order valence-corrected chi connectivity index (χ0v) is 14.9. The molecule has 2 aliphatic rings. The van der Waals surface area contributed by atoms with E-state index < -0.39 is 0 Å². The summed E-state index contributed by atoms with van der Waals surface area (Å²) in [5.74, 6) is 1.68. The van der Waals surface area contributed by atoms with E-state index >= 15 is 0 Å². The first-order valence-electron chi connectivity index (χ1n) is 8.45. The van der Waals surface area contributed by atoms with Crippen molar-refractivity contribution in [3.05, 3.63) is 24.0 Å². The number of nitrogens with zero attached hydrogens (tertiary/aromatic N) is 6. The third-order valence-electron chi connectivity index (χ3n) is 5.01. The highest BCUT2D eigenvalue weighted by molar-refractivity contribution is 7.09. The number of carbonyl (C=O) groups excluding carboxylic acids is 1. The minimum absolute atomic E-state index is 0.0420. The molecule has 0 unspecified atom stereocenters. The van der Waals surface area contributed by atoms with Gasteiger partial charge >= 0.3 is 0 Å². The van der Waals surface area contributed by atoms with E-state index in [1.165, 1.54) is 24.4 Å². The van der Waals surface area contributed by atoms with Crippen molar-refractivity contribution >= 4 is 22.6 Å². The highest BCUT2D eigenvalue weighted by Gasteiger charge is 2.31. The summed E-state index contributed by atoms with van der Waals surface area (Å²) in [5, 5.41) is 1.04. The van der Waals surface area contributed by atoms with E-state index in [9.17, 15) is 4.79 Å². The number of anilines is 1. The molecule has 0 atom stereocenters. The van der Waals surface area contributed by atoms with Crippen LogP contribution in [0.1, 0.15) is 47.9 Å². The van der Waals surface area contributed by atoms with E-state index in [0.29, 0.717) is 11.6 Å². The summed E-state index contributed by atoms with van der Waals surface area (Å²) in [6.45, 7) is 1.85. The molecular weight excluding hydrogens is 324 g/mol. The molecule has 0 aromatic carbocycles. The van der Waals surface area contributed by atoms with E-state index in [2.05, 4.69) is 14.3 Å². The van der Waals surface area contributed by atoms with Gasteiger partial charge < -0.3 is 14.4 Å². The number of hydrogen-bond acceptors (Lipinski definition) is 6. The minimum Gasteiger partial charge on any atom is -0.347 e. The average molecular weight is 346 g/mol. The van der Waals surface area contributed by atoms with Gasteiger partial charge in [-0.2, -0.15) is 4.37 Å². The highest BCUT2D eigenvalue weighted by Crippen LogP contribution is 2.40. The Kier molecular flexibility index (Phi) is 3.99. The molecule has 24 heavy (non-hydrogen) atoms. The zero-order valence-electron chi connectivity index (χ0n) is 14.1. The molecular formula is C16H22N6OS. The van der Waals surface area contributed by atoms with E-state index in [0.717, 1.165) is 36.9 Å². The third-order valence-corrected chi connectivity index (χ3v) is 5.80. The maximum atomic E-state index is 12.6. The van der Waals surface area contributed by atoms with Gasteiger partial charge in [-0.25, -0.2) is 9.97 Å². The number of carbonyl (C=O) groups is 1. The normalized spacial score (nSPS) is 18.8. The van der Waals surface area contributed by atoms with Crippen LogP contribution in [0.25, 0.3) is 0 Å². The summed E-state index contributed by atoms with van der Waals surface area (Å²) in [5.41, 5.74) is 0.637. The first-order valence-corrected chi connectivity index (χ1v) is 9.23. The van der Waals surface area contributed by atoms with Crippen LogP contribution in [0.5, 0.6) is 0 Å². The Hall–Kier alpha value is -1.96. The van der Waals surface area contributed by atoms with Crippen molar-refractivity contribution in [2.24, 2.45) is 7.05 Å². The van der Waals surface area contributed by atoms with Crippen molar-refractivity contribution in [1.82, 2.24) is 23.8 Å². The van der Waals surface area contributed by atoms with Crippen LogP contribution in [0.2, 0.25) is 0 Å². The third kappa shape index (κ3) is 2.90. The fourth-order valence-corrected chi connectivity index (χ4v) is 4.01. The molecule has 1 saturated carbocycles. The summed E-state index contributed by atoms with van der Waals surface area (Å²) in [6.07, 6.45) is 7.68. The van der Waals surface area contributed by atoms with Crippen LogP contribution in [0.4, 0.5) is 5.13 Å². The summed E-state index contributed by atoms with van der Waals surface area (Å²) in [7, 11) is 3.75. The van der Waals surface area contributed by atoms with Crippen molar-refractivity contribution < 1.29 is 4.79 Å². The maximum absolute atomic E-state index is 12.6. The van der Waals surface area contributed by atoms with Crippen molar-refractivity contribution in [3.8, 4) is 0 Å². The fraction of sp³-hybridized carbons (Fsp3) is 0.625. The summed E-state index contributed by atoms with van der Waals surface area (Å²) in [6, 6.07) is 0.263. The van der Waals surface area contributed by atoms with Gasteiger partial charge in [0.05, 0.1) is 12.5 Å². The second-order valence-corrected chi connectivity index (χ2v) is 7.46. The quantitative estimate of drug-likeness (QED) is 0.846. The predicted molar refractivity (Wildman–Crippen MR) is 92.4 cm³/mol. The molecule has 128 valence electrons. The molecule has 7 nitrogen and oxygen atoms in total. The van der Waals surface area contributed by atoms with E-state index in [-0.39, 0.29) is 11.9 Å². The molecule has 0 spiro atoms. The average Bonchev–Trinajstić information content (AvgIpc) is 3.18. The van der Waals surface area contributed by atoms with Gasteiger partial charge in [-0.3, -0.25) is 4.79 Å². The topological polar surface area (TPSA) is 67.2 Å². The Morgan fingerprint density at radius 2 is 2.04 bits per heavy atom. The monoisotopic (exact) mass is 346 g/mol. The van der Waals surface area contributed by atoms with Crippen LogP contribution >= 0.6 is 11.5 Å². The molecule has 0 N–H and O–H groups in total. The summed E-state index contributed by atoms with van der Waals surface area (Å²) < 4.78 is 6.27. The SMILES string of the molecule is CN(C(=O)c1cncn1C)C1CCN(c2nc(C3CC3)ns2)CC1. The standard InChI is InChI=1S/C16H22N6OS/c1-20-10-17-9-13(20)15(23)21(2)12-5-7-22(8-6-12)16-18-14(19-24-16)11-3-4-11/h9-12H,3-8H2,1-2H3. The highest BCUT2D eigenvalue weighted by atomic mass is 32.1. The van der Waals surface area contributed by atoms with Gasteiger partial charge in [-0.1, -0.05) is 0 Å². The Bertz CT molecular complexity index is 729. The lowest BCUT2D eigenvalue weighted by atomic mass is 10.0. The molecule has 1 amide bonds. The number of imidazole rings is 1. The number of aromatic nitrogens is 4. The second-order valence-electron chi connectivity index (χ2n) is 6.73. The molecule has 3 heterocycles. The molecule has 2 aromatic rings. The van der Waals surface area contributed by atoms with Gasteiger partial charge in [0.15, 0.2) is 0 Å². The Morgan fingerprint density at radius 3 is 2.67 bits per heavy atom. The minimum atomic E-state index is 0.0420. The molecule has 1 saturated heterocycles. The van der Waals surface area contributed by atoms with Crippen LogP contribution in [0.15, 0.2) is 12.5 Å². The molecule has 8 heteroatoms. The predicted octanol–water partition coefficient (Wildman–Crippen LogP) is 1.89. The molecule has 2 aromatic heterocycles. The first-order chi connectivity index (χ1) is 11.6. The molecule has 1 aliphatic heterocycles. The van der Waals surface area contributed by atoms with Crippen LogP contribution < -0.4 is 4.90 Å². The van der Waals surface area contributed by atoms with Gasteiger partial charge in [-0.05, 0) is 25.7 Å². The summed E-state index contributed by atoms with van der Waals surface area (Å²) >= 11 is 1.51. The first kappa shape index (κ1) is 15.6. The number of hydrogen-bond donors (Lipinski definition) is 0. The largest absolute Gasteiger partial charge is 0.347 e. The maximum Gasteiger partial charge on any atom is 0.272 e. The van der Waals surface area contributed by atoms with E-state index in [4.69, 9.17) is 4.98 Å². The molecule has 0 radical (unpaired) electrons. The van der Waals surface area contributed by atoms with Gasteiger partial charge in [0.1, 0.15) is 11.5 Å². The van der Waals surface area contributed by atoms with Crippen LogP contribution in [0.3, 0.4) is 0 Å². The zero-order chi connectivity index (χ0) is 16.7. The Balaban J connectivity index is 1.36. The Morgan fingerprint density at radius 1 is 1.29 bits per heavy atom. The van der Waals surface area contributed by atoms with Crippen molar-refractivity contribution in [1.29, 1.82) is 0 Å². The number of rotatable bonds is 4. The molecule has 1 aliphatic carbocycles. The van der Waals surface area contributed by atoms with Crippen molar-refractivity contribution in [3.63, 3.8) is 0 Å². The fourth-order valence-electron chi connectivity index (χ4n) is 3.22. The lowest BCUT2D eigenvalue weighted by Crippen LogP contribution is -2.46. The smallest absolute Gasteiger partial charge is 0.272 e. The van der Waals surface area contributed by atoms with Gasteiger partial charge in [-0.15, -0.1) is 0 Å². The van der Waals surface area contributed by atoms with Crippen molar-refractivity contribution in [2.75, 3.05) is 25.0 Å².